The zero-order valence-electron chi connectivity index (χ0n) is 12.8. The molecule has 0 spiro atoms. The molecule has 2 N–H and O–H groups in total. The number of H-pyrrole nitrogens is 1. The summed E-state index contributed by atoms with van der Waals surface area (Å²) < 4.78 is 12.1. The first-order chi connectivity index (χ1) is 11.7. The molecule has 0 saturated heterocycles. The van der Waals surface area contributed by atoms with Crippen LogP contribution in [0.15, 0.2) is 55.2 Å². The Hall–Kier alpha value is -3.00. The molecule has 8 nitrogen and oxygen atoms in total. The Morgan fingerprint density at radius 3 is 2.42 bits per heavy atom. The molecule has 3 aromatic heterocycles. The summed E-state index contributed by atoms with van der Waals surface area (Å²) >= 11 is 0. The predicted molar refractivity (Wildman–Crippen MR) is 85.6 cm³/mol. The van der Waals surface area contributed by atoms with Crippen molar-refractivity contribution in [1.29, 1.82) is 0 Å². The number of hydrogen-bond donors (Lipinski definition) is 2. The molecule has 0 unspecified atom stereocenters. The minimum absolute atomic E-state index is 0.260. The van der Waals surface area contributed by atoms with Crippen molar-refractivity contribution in [2.75, 3.05) is 12.0 Å². The van der Waals surface area contributed by atoms with Gasteiger partial charge in [0.15, 0.2) is 0 Å². The van der Waals surface area contributed by atoms with E-state index in [9.17, 15) is 9.59 Å². The number of hydrogen-bond acceptors (Lipinski definition) is 6. The molecule has 124 valence electrons. The molecule has 4 rings (SSSR count). The van der Waals surface area contributed by atoms with Gasteiger partial charge in [-0.15, -0.1) is 0 Å². The zero-order chi connectivity index (χ0) is 16.5. The normalized spacial score (nSPS) is 14.3. The standard InChI is InChI=1S/C16H16N4O4/c21-15-13-9-19(7-11-3-1-5-23-11)10-17-14(13)20(16(22)18-15)8-12-4-2-6-24-12/h1-6,17H,7-10H2,(H,18,21,22). The first-order valence-corrected chi connectivity index (χ1v) is 7.57. The van der Waals surface area contributed by atoms with Gasteiger partial charge in [-0.1, -0.05) is 0 Å². The molecule has 0 amide bonds. The highest BCUT2D eigenvalue weighted by molar-refractivity contribution is 5.45. The van der Waals surface area contributed by atoms with Crippen LogP contribution in [0.4, 0.5) is 5.82 Å². The van der Waals surface area contributed by atoms with Crippen molar-refractivity contribution in [1.82, 2.24) is 14.5 Å². The summed E-state index contributed by atoms with van der Waals surface area (Å²) in [5.41, 5.74) is -0.302. The predicted octanol–water partition coefficient (Wildman–Crippen LogP) is 1.16. The van der Waals surface area contributed by atoms with Gasteiger partial charge in [0.05, 0.1) is 37.8 Å². The molecule has 0 atom stereocenters. The number of nitrogens with zero attached hydrogens (tertiary/aromatic N) is 2. The number of anilines is 1. The van der Waals surface area contributed by atoms with Crippen LogP contribution in [0.3, 0.4) is 0 Å². The van der Waals surface area contributed by atoms with E-state index in [2.05, 4.69) is 10.3 Å². The zero-order valence-corrected chi connectivity index (χ0v) is 12.8. The molecule has 0 fully saturated rings. The number of furan rings is 2. The molecule has 0 saturated carbocycles. The summed E-state index contributed by atoms with van der Waals surface area (Å²) in [7, 11) is 0. The number of aromatic nitrogens is 2. The molecule has 0 radical (unpaired) electrons. The molecule has 8 heteroatoms. The van der Waals surface area contributed by atoms with Crippen LogP contribution in [0.2, 0.25) is 0 Å². The van der Waals surface area contributed by atoms with Gasteiger partial charge in [-0.2, -0.15) is 0 Å². The Morgan fingerprint density at radius 2 is 1.75 bits per heavy atom. The van der Waals surface area contributed by atoms with Gasteiger partial charge < -0.3 is 14.2 Å². The highest BCUT2D eigenvalue weighted by atomic mass is 16.3. The maximum Gasteiger partial charge on any atom is 0.330 e. The third-order valence-electron chi connectivity index (χ3n) is 4.00. The van der Waals surface area contributed by atoms with Gasteiger partial charge in [0.25, 0.3) is 5.56 Å². The Morgan fingerprint density at radius 1 is 1.04 bits per heavy atom. The smallest absolute Gasteiger partial charge is 0.330 e. The van der Waals surface area contributed by atoms with Crippen molar-refractivity contribution >= 4 is 5.82 Å². The highest BCUT2D eigenvalue weighted by Gasteiger charge is 2.23. The lowest BCUT2D eigenvalue weighted by molar-refractivity contribution is 0.240. The van der Waals surface area contributed by atoms with Crippen molar-refractivity contribution in [2.24, 2.45) is 0 Å². The first kappa shape index (κ1) is 14.6. The van der Waals surface area contributed by atoms with Crippen molar-refractivity contribution in [3.63, 3.8) is 0 Å². The van der Waals surface area contributed by atoms with Crippen LogP contribution < -0.4 is 16.6 Å². The Kier molecular flexibility index (Phi) is 3.58. The topological polar surface area (TPSA) is 96.4 Å². The van der Waals surface area contributed by atoms with Crippen LogP contribution >= 0.6 is 0 Å². The van der Waals surface area contributed by atoms with E-state index in [1.807, 2.05) is 17.0 Å². The van der Waals surface area contributed by atoms with Gasteiger partial charge in [-0.25, -0.2) is 4.79 Å². The third-order valence-corrected chi connectivity index (χ3v) is 4.00. The number of rotatable bonds is 4. The Labute approximate surface area is 136 Å². The van der Waals surface area contributed by atoms with Crippen LogP contribution in [-0.2, 0) is 19.6 Å². The van der Waals surface area contributed by atoms with Crippen molar-refractivity contribution in [3.8, 4) is 0 Å². The summed E-state index contributed by atoms with van der Waals surface area (Å²) in [5.74, 6) is 2.00. The molecule has 24 heavy (non-hydrogen) atoms. The Balaban J connectivity index is 1.66. The summed E-state index contributed by atoms with van der Waals surface area (Å²) in [5, 5.41) is 3.17. The summed E-state index contributed by atoms with van der Waals surface area (Å²) in [6.07, 6.45) is 3.17. The van der Waals surface area contributed by atoms with Gasteiger partial charge in [0, 0.05) is 6.54 Å². The summed E-state index contributed by atoms with van der Waals surface area (Å²) in [6, 6.07) is 7.26. The fourth-order valence-corrected chi connectivity index (χ4v) is 2.87. The molecule has 0 aliphatic carbocycles. The minimum atomic E-state index is -0.456. The van der Waals surface area contributed by atoms with E-state index in [-0.39, 0.29) is 12.1 Å². The minimum Gasteiger partial charge on any atom is -0.468 e. The van der Waals surface area contributed by atoms with Gasteiger partial charge >= 0.3 is 5.69 Å². The quantitative estimate of drug-likeness (QED) is 0.746. The molecule has 1 aliphatic rings. The van der Waals surface area contributed by atoms with E-state index >= 15 is 0 Å². The lowest BCUT2D eigenvalue weighted by Crippen LogP contribution is -2.43. The number of nitrogens with one attached hydrogen (secondary N) is 2. The van der Waals surface area contributed by atoms with E-state index in [0.717, 1.165) is 5.76 Å². The van der Waals surface area contributed by atoms with Gasteiger partial charge in [0.1, 0.15) is 17.3 Å². The van der Waals surface area contributed by atoms with Crippen molar-refractivity contribution < 1.29 is 8.83 Å². The lowest BCUT2D eigenvalue weighted by atomic mass is 10.2. The fourth-order valence-electron chi connectivity index (χ4n) is 2.87. The second kappa shape index (κ2) is 5.89. The second-order valence-electron chi connectivity index (χ2n) is 5.65. The summed E-state index contributed by atoms with van der Waals surface area (Å²) in [4.78, 5) is 28.8. The van der Waals surface area contributed by atoms with Crippen molar-refractivity contribution in [3.05, 3.63) is 74.7 Å². The van der Waals surface area contributed by atoms with E-state index < -0.39 is 5.69 Å². The largest absolute Gasteiger partial charge is 0.468 e. The first-order valence-electron chi connectivity index (χ1n) is 7.57. The molecular formula is C16H16N4O4. The average molecular weight is 328 g/mol. The maximum absolute atomic E-state index is 12.2. The SMILES string of the molecule is O=c1[nH]c(=O)n(Cc2ccco2)c2c1CN(Cc1ccco1)CN2. The van der Waals surface area contributed by atoms with E-state index in [0.29, 0.717) is 36.9 Å². The average Bonchev–Trinajstić information content (AvgIpc) is 3.25. The molecular weight excluding hydrogens is 312 g/mol. The fraction of sp³-hybridized carbons (Fsp3) is 0.250. The second-order valence-corrected chi connectivity index (χ2v) is 5.65. The third kappa shape index (κ3) is 2.67. The molecule has 4 heterocycles. The van der Waals surface area contributed by atoms with Gasteiger partial charge in [-0.3, -0.25) is 19.2 Å². The van der Waals surface area contributed by atoms with Crippen LogP contribution in [-0.4, -0.2) is 21.1 Å². The van der Waals surface area contributed by atoms with Gasteiger partial charge in [0.2, 0.25) is 0 Å². The van der Waals surface area contributed by atoms with E-state index in [4.69, 9.17) is 8.83 Å². The maximum atomic E-state index is 12.2. The van der Waals surface area contributed by atoms with Crippen molar-refractivity contribution in [2.45, 2.75) is 19.6 Å². The number of aromatic amines is 1. The van der Waals surface area contributed by atoms with Gasteiger partial charge in [-0.05, 0) is 24.3 Å². The molecule has 1 aliphatic heterocycles. The van der Waals surface area contributed by atoms with E-state index in [1.54, 1.807) is 24.7 Å². The van der Waals surface area contributed by atoms with E-state index in [1.165, 1.54) is 4.57 Å². The molecule has 0 bridgehead atoms. The Bertz CT molecular complexity index is 938. The highest BCUT2D eigenvalue weighted by Crippen LogP contribution is 2.20. The van der Waals surface area contributed by atoms with Crippen LogP contribution in [0, 0.1) is 0 Å². The summed E-state index contributed by atoms with van der Waals surface area (Å²) in [6.45, 7) is 1.78. The molecule has 3 aromatic rings. The van der Waals surface area contributed by atoms with Crippen LogP contribution in [0.5, 0.6) is 0 Å². The van der Waals surface area contributed by atoms with Crippen LogP contribution in [0.25, 0.3) is 0 Å². The lowest BCUT2D eigenvalue weighted by Gasteiger charge is -2.29. The number of fused-ring (bicyclic) bond motifs is 1. The monoisotopic (exact) mass is 328 g/mol. The van der Waals surface area contributed by atoms with Crippen LogP contribution in [0.1, 0.15) is 17.1 Å². The molecule has 0 aromatic carbocycles.